The average Bonchev–Trinajstić information content (AvgIpc) is 3.26. The van der Waals surface area contributed by atoms with E-state index in [0.29, 0.717) is 0 Å². The predicted octanol–water partition coefficient (Wildman–Crippen LogP) is 8.62. The van der Waals surface area contributed by atoms with Crippen LogP contribution >= 0.6 is 0 Å². The molecule has 0 saturated carbocycles. The lowest BCUT2D eigenvalue weighted by Crippen LogP contribution is -1.89. The molecule has 2 aromatic heterocycles. The number of aromatic nitrogens is 1. The van der Waals surface area contributed by atoms with Crippen molar-refractivity contribution >= 4 is 43.6 Å². The second-order valence-corrected chi connectivity index (χ2v) is 8.40. The van der Waals surface area contributed by atoms with Gasteiger partial charge in [-0.25, -0.2) is 0 Å². The summed E-state index contributed by atoms with van der Waals surface area (Å²) in [5.74, 6) is 0. The second kappa shape index (κ2) is 7.04. The van der Waals surface area contributed by atoms with Crippen LogP contribution in [0.5, 0.6) is 0 Å². The molecule has 33 heavy (non-hydrogen) atoms. The van der Waals surface area contributed by atoms with Crippen LogP contribution in [0.1, 0.15) is 0 Å². The third-order valence-electron chi connectivity index (χ3n) is 6.52. The van der Waals surface area contributed by atoms with Crippen LogP contribution < -0.4 is 0 Å². The van der Waals surface area contributed by atoms with Gasteiger partial charge >= 0.3 is 0 Å². The summed E-state index contributed by atoms with van der Waals surface area (Å²) >= 11 is 0. The van der Waals surface area contributed by atoms with E-state index in [4.69, 9.17) is 9.40 Å². The van der Waals surface area contributed by atoms with Crippen LogP contribution in [0.4, 0.5) is 0 Å². The van der Waals surface area contributed by atoms with E-state index < -0.39 is 0 Å². The van der Waals surface area contributed by atoms with Crippen LogP contribution in [0.3, 0.4) is 0 Å². The Morgan fingerprint density at radius 3 is 2.24 bits per heavy atom. The topological polar surface area (TPSA) is 26.0 Å². The van der Waals surface area contributed by atoms with Gasteiger partial charge in [-0.15, -0.1) is 0 Å². The van der Waals surface area contributed by atoms with Crippen LogP contribution in [0, 0.1) is 0 Å². The van der Waals surface area contributed by atoms with Gasteiger partial charge in [0.15, 0.2) is 0 Å². The molecule has 2 heterocycles. The van der Waals surface area contributed by atoms with Crippen LogP contribution in [0.2, 0.25) is 0 Å². The summed E-state index contributed by atoms with van der Waals surface area (Å²) in [4.78, 5) is 4.75. The van der Waals surface area contributed by atoms with Gasteiger partial charge in [-0.3, -0.25) is 4.98 Å². The molecule has 7 aromatic rings. The van der Waals surface area contributed by atoms with E-state index in [1.807, 2.05) is 24.4 Å². The fourth-order valence-electron chi connectivity index (χ4n) is 5.00. The highest BCUT2D eigenvalue weighted by Gasteiger charge is 2.14. The lowest BCUT2D eigenvalue weighted by molar-refractivity contribution is 0.669. The first-order valence-electron chi connectivity index (χ1n) is 11.1. The largest absolute Gasteiger partial charge is 0.456 e. The highest BCUT2D eigenvalue weighted by Crippen LogP contribution is 2.40. The van der Waals surface area contributed by atoms with E-state index >= 15 is 0 Å². The molecule has 7 rings (SSSR count). The standard InChI is InChI=1S/C31H19NO/c1-2-10-24(27-12-5-7-20-14-15-21-8-6-18-32-31(21)30(20)27)23(9-1)22-16-17-26-25-11-3-4-13-28(25)33-29(26)19-22/h1-19H. The molecular formula is C31H19NO. The van der Waals surface area contributed by atoms with Crippen molar-refractivity contribution in [1.82, 2.24) is 4.98 Å². The van der Waals surface area contributed by atoms with Crippen molar-refractivity contribution in [2.24, 2.45) is 0 Å². The monoisotopic (exact) mass is 421 g/mol. The summed E-state index contributed by atoms with van der Waals surface area (Å²) in [6.45, 7) is 0. The van der Waals surface area contributed by atoms with E-state index in [1.54, 1.807) is 0 Å². The summed E-state index contributed by atoms with van der Waals surface area (Å²) in [7, 11) is 0. The molecule has 2 heteroatoms. The van der Waals surface area contributed by atoms with Gasteiger partial charge in [-0.05, 0) is 51.9 Å². The Kier molecular flexibility index (Phi) is 3.88. The van der Waals surface area contributed by atoms with Crippen molar-refractivity contribution in [3.05, 3.63) is 115 Å². The highest BCUT2D eigenvalue weighted by molar-refractivity contribution is 6.14. The molecule has 0 N–H and O–H groups in total. The summed E-state index contributed by atoms with van der Waals surface area (Å²) in [6, 6.07) is 38.3. The highest BCUT2D eigenvalue weighted by atomic mass is 16.3. The van der Waals surface area contributed by atoms with Crippen LogP contribution in [-0.2, 0) is 0 Å². The van der Waals surface area contributed by atoms with E-state index in [-0.39, 0.29) is 0 Å². The molecule has 154 valence electrons. The van der Waals surface area contributed by atoms with Gasteiger partial charge in [0, 0.05) is 27.7 Å². The minimum absolute atomic E-state index is 0.911. The third kappa shape index (κ3) is 2.78. The van der Waals surface area contributed by atoms with Crippen molar-refractivity contribution in [2.45, 2.75) is 0 Å². The maximum absolute atomic E-state index is 6.18. The van der Waals surface area contributed by atoms with E-state index in [9.17, 15) is 0 Å². The molecule has 0 amide bonds. The molecule has 0 bridgehead atoms. The summed E-state index contributed by atoms with van der Waals surface area (Å²) in [5, 5.41) is 5.83. The lowest BCUT2D eigenvalue weighted by atomic mass is 9.90. The predicted molar refractivity (Wildman–Crippen MR) is 137 cm³/mol. The number of hydrogen-bond donors (Lipinski definition) is 0. The SMILES string of the molecule is c1ccc(-c2cccc3ccc4cccnc4c23)c(-c2ccc3c(c2)oc2ccccc23)c1. The van der Waals surface area contributed by atoms with Gasteiger partial charge in [-0.1, -0.05) is 84.9 Å². The number of benzene rings is 5. The van der Waals surface area contributed by atoms with E-state index in [1.165, 1.54) is 27.5 Å². The first kappa shape index (κ1) is 18.2. The van der Waals surface area contributed by atoms with Gasteiger partial charge in [-0.2, -0.15) is 0 Å². The number of furan rings is 1. The number of fused-ring (bicyclic) bond motifs is 6. The molecule has 0 fully saturated rings. The fraction of sp³-hybridized carbons (Fsp3) is 0. The first-order valence-corrected chi connectivity index (χ1v) is 11.1. The quantitative estimate of drug-likeness (QED) is 0.261. The van der Waals surface area contributed by atoms with Gasteiger partial charge in [0.2, 0.25) is 0 Å². The number of rotatable bonds is 2. The molecule has 2 nitrogen and oxygen atoms in total. The minimum Gasteiger partial charge on any atom is -0.456 e. The smallest absolute Gasteiger partial charge is 0.136 e. The Balaban J connectivity index is 1.51. The molecule has 0 aliphatic rings. The molecule has 0 radical (unpaired) electrons. The average molecular weight is 421 g/mol. The zero-order valence-corrected chi connectivity index (χ0v) is 17.8. The second-order valence-electron chi connectivity index (χ2n) is 8.40. The Labute approximate surface area is 190 Å². The summed E-state index contributed by atoms with van der Waals surface area (Å²) in [6.07, 6.45) is 1.87. The minimum atomic E-state index is 0.911. The lowest BCUT2D eigenvalue weighted by Gasteiger charge is -2.14. The zero-order chi connectivity index (χ0) is 21.8. The Morgan fingerprint density at radius 2 is 1.27 bits per heavy atom. The molecular weight excluding hydrogens is 402 g/mol. The van der Waals surface area contributed by atoms with Gasteiger partial charge in [0.25, 0.3) is 0 Å². The van der Waals surface area contributed by atoms with Crippen molar-refractivity contribution in [3.63, 3.8) is 0 Å². The number of pyridine rings is 1. The Bertz CT molecular complexity index is 1830. The van der Waals surface area contributed by atoms with Crippen LogP contribution in [0.25, 0.3) is 65.9 Å². The van der Waals surface area contributed by atoms with Crippen molar-refractivity contribution in [1.29, 1.82) is 0 Å². The number of nitrogens with zero attached hydrogens (tertiary/aromatic N) is 1. The maximum Gasteiger partial charge on any atom is 0.136 e. The molecule has 0 atom stereocenters. The number of hydrogen-bond acceptors (Lipinski definition) is 2. The Hall–Kier alpha value is -4.43. The third-order valence-corrected chi connectivity index (χ3v) is 6.52. The molecule has 0 spiro atoms. The molecule has 0 saturated heterocycles. The molecule has 5 aromatic carbocycles. The first-order chi connectivity index (χ1) is 16.4. The molecule has 0 aliphatic carbocycles. The van der Waals surface area contributed by atoms with Gasteiger partial charge in [0.05, 0.1) is 5.52 Å². The normalized spacial score (nSPS) is 11.6. The molecule has 0 unspecified atom stereocenters. The Morgan fingerprint density at radius 1 is 0.515 bits per heavy atom. The van der Waals surface area contributed by atoms with E-state index in [0.717, 1.165) is 38.4 Å². The molecule has 0 aliphatic heterocycles. The van der Waals surface area contributed by atoms with Crippen molar-refractivity contribution in [2.75, 3.05) is 0 Å². The zero-order valence-electron chi connectivity index (χ0n) is 17.8. The summed E-state index contributed by atoms with van der Waals surface area (Å²) < 4.78 is 6.18. The van der Waals surface area contributed by atoms with Gasteiger partial charge < -0.3 is 4.42 Å². The van der Waals surface area contributed by atoms with Crippen LogP contribution in [0.15, 0.2) is 120 Å². The van der Waals surface area contributed by atoms with Crippen molar-refractivity contribution in [3.8, 4) is 22.3 Å². The van der Waals surface area contributed by atoms with Crippen LogP contribution in [-0.4, -0.2) is 4.98 Å². The summed E-state index contributed by atoms with van der Waals surface area (Å²) in [5.41, 5.74) is 7.57. The van der Waals surface area contributed by atoms with Gasteiger partial charge in [0.1, 0.15) is 11.2 Å². The number of para-hydroxylation sites is 1. The van der Waals surface area contributed by atoms with Crippen molar-refractivity contribution < 1.29 is 4.42 Å². The van der Waals surface area contributed by atoms with E-state index in [2.05, 4.69) is 91.0 Å². The fourth-order valence-corrected chi connectivity index (χ4v) is 5.00. The maximum atomic E-state index is 6.18.